The van der Waals surface area contributed by atoms with Crippen molar-refractivity contribution >= 4 is 0 Å². The van der Waals surface area contributed by atoms with Crippen molar-refractivity contribution in [3.8, 4) is 5.75 Å². The maximum absolute atomic E-state index is 13.1. The van der Waals surface area contributed by atoms with Crippen LogP contribution in [0, 0.1) is 5.82 Å². The number of ether oxygens (including phenoxy) is 1. The number of rotatable bonds is 7. The minimum absolute atomic E-state index is 0.233. The van der Waals surface area contributed by atoms with Crippen LogP contribution >= 0.6 is 0 Å². The Hall–Kier alpha value is -1.13. The van der Waals surface area contributed by atoms with E-state index in [1.807, 2.05) is 0 Å². The van der Waals surface area contributed by atoms with Gasteiger partial charge in [0.1, 0.15) is 11.6 Å². The lowest BCUT2D eigenvalue weighted by atomic mass is 10.2. The van der Waals surface area contributed by atoms with E-state index in [0.29, 0.717) is 12.6 Å². The zero-order valence-electron chi connectivity index (χ0n) is 10.7. The molecule has 0 saturated carbocycles. The van der Waals surface area contributed by atoms with E-state index >= 15 is 0 Å². The maximum atomic E-state index is 13.1. The Morgan fingerprint density at radius 1 is 1.29 bits per heavy atom. The van der Waals surface area contributed by atoms with E-state index in [9.17, 15) is 4.39 Å². The van der Waals surface area contributed by atoms with Crippen LogP contribution in [-0.2, 0) is 6.54 Å². The lowest BCUT2D eigenvalue weighted by molar-refractivity contribution is 0.406. The summed E-state index contributed by atoms with van der Waals surface area (Å²) in [6, 6.07) is 5.05. The Morgan fingerprint density at radius 2 is 2.06 bits per heavy atom. The SMILES string of the molecule is COc1ccc(F)cc1CNCCNC(C)C. The van der Waals surface area contributed by atoms with Crippen LogP contribution in [0.2, 0.25) is 0 Å². The van der Waals surface area contributed by atoms with Crippen LogP contribution in [-0.4, -0.2) is 26.2 Å². The second kappa shape index (κ2) is 7.25. The van der Waals surface area contributed by atoms with Crippen LogP contribution in [0.4, 0.5) is 4.39 Å². The van der Waals surface area contributed by atoms with Crippen molar-refractivity contribution in [3.05, 3.63) is 29.6 Å². The number of benzene rings is 1. The van der Waals surface area contributed by atoms with Gasteiger partial charge in [0.25, 0.3) is 0 Å². The lowest BCUT2D eigenvalue weighted by Gasteiger charge is -2.11. The molecule has 0 unspecified atom stereocenters. The molecule has 3 nitrogen and oxygen atoms in total. The molecule has 0 heterocycles. The van der Waals surface area contributed by atoms with Crippen molar-refractivity contribution in [1.29, 1.82) is 0 Å². The number of methoxy groups -OCH3 is 1. The fraction of sp³-hybridized carbons (Fsp3) is 0.538. The molecule has 0 radical (unpaired) electrons. The lowest BCUT2D eigenvalue weighted by Crippen LogP contribution is -2.31. The van der Waals surface area contributed by atoms with Gasteiger partial charge in [0.2, 0.25) is 0 Å². The number of hydrogen-bond donors (Lipinski definition) is 2. The average molecular weight is 240 g/mol. The van der Waals surface area contributed by atoms with E-state index < -0.39 is 0 Å². The van der Waals surface area contributed by atoms with Gasteiger partial charge in [0, 0.05) is 31.2 Å². The van der Waals surface area contributed by atoms with E-state index in [2.05, 4.69) is 24.5 Å². The maximum Gasteiger partial charge on any atom is 0.123 e. The Kier molecular flexibility index (Phi) is 5.94. The molecule has 2 N–H and O–H groups in total. The summed E-state index contributed by atoms with van der Waals surface area (Å²) in [5, 5.41) is 6.55. The van der Waals surface area contributed by atoms with E-state index in [0.717, 1.165) is 24.4 Å². The van der Waals surface area contributed by atoms with Crippen LogP contribution in [0.1, 0.15) is 19.4 Å². The molecule has 0 saturated heterocycles. The number of nitrogens with one attached hydrogen (secondary N) is 2. The molecule has 17 heavy (non-hydrogen) atoms. The molecule has 0 aliphatic carbocycles. The molecule has 0 fully saturated rings. The molecule has 0 aromatic heterocycles. The summed E-state index contributed by atoms with van der Waals surface area (Å²) >= 11 is 0. The van der Waals surface area contributed by atoms with Gasteiger partial charge in [0.05, 0.1) is 7.11 Å². The second-order valence-electron chi connectivity index (χ2n) is 4.24. The fourth-order valence-corrected chi connectivity index (χ4v) is 1.56. The van der Waals surface area contributed by atoms with Crippen molar-refractivity contribution in [2.24, 2.45) is 0 Å². The highest BCUT2D eigenvalue weighted by molar-refractivity contribution is 5.33. The zero-order valence-corrected chi connectivity index (χ0v) is 10.7. The van der Waals surface area contributed by atoms with Crippen molar-refractivity contribution in [2.75, 3.05) is 20.2 Å². The van der Waals surface area contributed by atoms with Gasteiger partial charge in [-0.05, 0) is 18.2 Å². The molecule has 0 spiro atoms. The van der Waals surface area contributed by atoms with E-state index in [1.54, 1.807) is 13.2 Å². The van der Waals surface area contributed by atoms with Crippen LogP contribution in [0.15, 0.2) is 18.2 Å². The van der Waals surface area contributed by atoms with E-state index in [1.165, 1.54) is 12.1 Å². The number of halogens is 1. The standard InChI is InChI=1S/C13H21FN2O/c1-10(2)16-7-6-15-9-11-8-12(14)4-5-13(11)17-3/h4-5,8,10,15-16H,6-7,9H2,1-3H3. The topological polar surface area (TPSA) is 33.3 Å². The first-order chi connectivity index (χ1) is 8.13. The highest BCUT2D eigenvalue weighted by Crippen LogP contribution is 2.18. The van der Waals surface area contributed by atoms with Gasteiger partial charge in [-0.25, -0.2) is 4.39 Å². The second-order valence-corrected chi connectivity index (χ2v) is 4.24. The average Bonchev–Trinajstić information content (AvgIpc) is 2.28. The fourth-order valence-electron chi connectivity index (χ4n) is 1.56. The van der Waals surface area contributed by atoms with Gasteiger partial charge in [-0.2, -0.15) is 0 Å². The summed E-state index contributed by atoms with van der Waals surface area (Å²) in [7, 11) is 1.59. The van der Waals surface area contributed by atoms with Gasteiger partial charge >= 0.3 is 0 Å². The van der Waals surface area contributed by atoms with Crippen LogP contribution in [0.5, 0.6) is 5.75 Å². The van der Waals surface area contributed by atoms with Crippen molar-refractivity contribution in [2.45, 2.75) is 26.4 Å². The predicted molar refractivity (Wildman–Crippen MR) is 67.8 cm³/mol. The summed E-state index contributed by atoms with van der Waals surface area (Å²) < 4.78 is 18.2. The Bertz CT molecular complexity index is 342. The largest absolute Gasteiger partial charge is 0.496 e. The van der Waals surface area contributed by atoms with Crippen molar-refractivity contribution < 1.29 is 9.13 Å². The van der Waals surface area contributed by atoms with E-state index in [-0.39, 0.29) is 5.82 Å². The van der Waals surface area contributed by atoms with Crippen LogP contribution in [0.3, 0.4) is 0 Å². The zero-order chi connectivity index (χ0) is 12.7. The molecule has 0 aliphatic rings. The Labute approximate surface area is 102 Å². The molecule has 0 aliphatic heterocycles. The molecule has 1 rings (SSSR count). The van der Waals surface area contributed by atoms with E-state index in [4.69, 9.17) is 4.74 Å². The van der Waals surface area contributed by atoms with Crippen LogP contribution in [0.25, 0.3) is 0 Å². The minimum atomic E-state index is -0.233. The van der Waals surface area contributed by atoms with Gasteiger partial charge in [-0.1, -0.05) is 13.8 Å². The Balaban J connectivity index is 2.37. The first-order valence-electron chi connectivity index (χ1n) is 5.90. The first-order valence-corrected chi connectivity index (χ1v) is 5.90. The Morgan fingerprint density at radius 3 is 2.71 bits per heavy atom. The normalized spacial score (nSPS) is 10.9. The third-order valence-corrected chi connectivity index (χ3v) is 2.41. The minimum Gasteiger partial charge on any atom is -0.496 e. The van der Waals surface area contributed by atoms with Crippen LogP contribution < -0.4 is 15.4 Å². The van der Waals surface area contributed by atoms with Gasteiger partial charge in [-0.15, -0.1) is 0 Å². The monoisotopic (exact) mass is 240 g/mol. The molecule has 96 valence electrons. The molecule has 4 heteroatoms. The quantitative estimate of drug-likeness (QED) is 0.714. The predicted octanol–water partition coefficient (Wildman–Crippen LogP) is 1.92. The summed E-state index contributed by atoms with van der Waals surface area (Å²) in [6.45, 7) is 6.57. The van der Waals surface area contributed by atoms with Gasteiger partial charge in [-0.3, -0.25) is 0 Å². The summed E-state index contributed by atoms with van der Waals surface area (Å²) in [5.74, 6) is 0.485. The molecule has 0 atom stereocenters. The molecule has 0 bridgehead atoms. The third-order valence-electron chi connectivity index (χ3n) is 2.41. The molecular formula is C13H21FN2O. The smallest absolute Gasteiger partial charge is 0.123 e. The van der Waals surface area contributed by atoms with Gasteiger partial charge in [0.15, 0.2) is 0 Å². The van der Waals surface area contributed by atoms with Gasteiger partial charge < -0.3 is 15.4 Å². The third kappa shape index (κ3) is 5.15. The first kappa shape index (κ1) is 13.9. The highest BCUT2D eigenvalue weighted by atomic mass is 19.1. The molecule has 1 aromatic carbocycles. The number of hydrogen-bond acceptors (Lipinski definition) is 3. The summed E-state index contributed by atoms with van der Waals surface area (Å²) in [5.41, 5.74) is 0.844. The summed E-state index contributed by atoms with van der Waals surface area (Å²) in [4.78, 5) is 0. The molecular weight excluding hydrogens is 219 g/mol. The van der Waals surface area contributed by atoms with Crippen molar-refractivity contribution in [1.82, 2.24) is 10.6 Å². The molecule has 0 amide bonds. The summed E-state index contributed by atoms with van der Waals surface area (Å²) in [6.07, 6.45) is 0. The van der Waals surface area contributed by atoms with Crippen molar-refractivity contribution in [3.63, 3.8) is 0 Å². The highest BCUT2D eigenvalue weighted by Gasteiger charge is 2.03. The molecule has 1 aromatic rings.